The Balaban J connectivity index is 3.26. The van der Waals surface area contributed by atoms with E-state index in [1.807, 2.05) is 0 Å². The summed E-state index contributed by atoms with van der Waals surface area (Å²) in [7, 11) is 0. The number of ether oxygens (including phenoxy) is 1. The number of aliphatic carboxylic acids is 1. The molecule has 0 aliphatic rings. The summed E-state index contributed by atoms with van der Waals surface area (Å²) in [5.74, 6) is -2.65. The van der Waals surface area contributed by atoms with E-state index in [1.165, 1.54) is 18.2 Å². The highest BCUT2D eigenvalue weighted by molar-refractivity contribution is 9.10. The lowest BCUT2D eigenvalue weighted by Gasteiger charge is -2.27. The second-order valence-electron chi connectivity index (χ2n) is 4.77. The Morgan fingerprint density at radius 2 is 2.05 bits per heavy atom. The molecule has 0 saturated carbocycles. The summed E-state index contributed by atoms with van der Waals surface area (Å²) in [4.78, 5) is 23.9. The molecular formula is C15H18BrFO4. The van der Waals surface area contributed by atoms with Crippen LogP contribution in [0.15, 0.2) is 22.7 Å². The van der Waals surface area contributed by atoms with Gasteiger partial charge >= 0.3 is 11.9 Å². The first-order chi connectivity index (χ1) is 9.87. The summed E-state index contributed by atoms with van der Waals surface area (Å²) >= 11 is 3.22. The van der Waals surface area contributed by atoms with Gasteiger partial charge in [-0.1, -0.05) is 29.3 Å². The van der Waals surface area contributed by atoms with Crippen molar-refractivity contribution in [2.75, 3.05) is 6.61 Å². The van der Waals surface area contributed by atoms with Crippen molar-refractivity contribution < 1.29 is 23.8 Å². The maximum Gasteiger partial charge on any atom is 0.323 e. The first-order valence-electron chi connectivity index (χ1n) is 6.72. The van der Waals surface area contributed by atoms with Crippen LogP contribution in [0, 0.1) is 11.2 Å². The fourth-order valence-corrected chi connectivity index (χ4v) is 2.64. The summed E-state index contributed by atoms with van der Waals surface area (Å²) in [6, 6.07) is 4.25. The maximum atomic E-state index is 13.9. The summed E-state index contributed by atoms with van der Waals surface area (Å²) in [6.07, 6.45) is 0.328. The minimum Gasteiger partial charge on any atom is -0.480 e. The number of esters is 1. The van der Waals surface area contributed by atoms with Crippen molar-refractivity contribution in [1.29, 1.82) is 0 Å². The molecule has 4 nitrogen and oxygen atoms in total. The molecular weight excluding hydrogens is 343 g/mol. The van der Waals surface area contributed by atoms with E-state index in [1.54, 1.807) is 13.8 Å². The Bertz CT molecular complexity index is 532. The van der Waals surface area contributed by atoms with Gasteiger partial charge < -0.3 is 9.84 Å². The lowest BCUT2D eigenvalue weighted by atomic mass is 9.77. The molecule has 0 spiro atoms. The Morgan fingerprint density at radius 3 is 2.57 bits per heavy atom. The number of carboxylic acid groups (broad SMARTS) is 1. The fourth-order valence-electron chi connectivity index (χ4n) is 2.23. The smallest absolute Gasteiger partial charge is 0.323 e. The van der Waals surface area contributed by atoms with E-state index in [0.29, 0.717) is 10.9 Å². The van der Waals surface area contributed by atoms with Crippen LogP contribution in [0.25, 0.3) is 0 Å². The summed E-state index contributed by atoms with van der Waals surface area (Å²) in [5.41, 5.74) is -1.58. The van der Waals surface area contributed by atoms with Crippen LogP contribution in [0.3, 0.4) is 0 Å². The van der Waals surface area contributed by atoms with Gasteiger partial charge in [-0.15, -0.1) is 0 Å². The molecule has 21 heavy (non-hydrogen) atoms. The average Bonchev–Trinajstić information content (AvgIpc) is 2.42. The van der Waals surface area contributed by atoms with Gasteiger partial charge in [0.25, 0.3) is 0 Å². The SMILES string of the molecule is CCCC(Cc1cc(Br)ccc1F)(C(=O)O)C(=O)OCC. The standard InChI is InChI=1S/C15H18BrFO4/c1-3-7-15(13(18)19,14(20)21-4-2)9-10-8-11(16)5-6-12(10)17/h5-6,8H,3-4,7,9H2,1-2H3,(H,18,19). The lowest BCUT2D eigenvalue weighted by molar-refractivity contribution is -0.169. The second kappa shape index (κ2) is 7.54. The summed E-state index contributed by atoms with van der Waals surface area (Å²) in [6.45, 7) is 3.46. The number of rotatable bonds is 7. The van der Waals surface area contributed by atoms with Gasteiger partial charge in [-0.05, 0) is 37.1 Å². The summed E-state index contributed by atoms with van der Waals surface area (Å²) in [5, 5.41) is 9.54. The third-order valence-electron chi connectivity index (χ3n) is 3.25. The average molecular weight is 361 g/mol. The molecule has 0 aliphatic heterocycles. The monoisotopic (exact) mass is 360 g/mol. The largest absolute Gasteiger partial charge is 0.480 e. The number of hydrogen-bond donors (Lipinski definition) is 1. The third-order valence-corrected chi connectivity index (χ3v) is 3.75. The number of benzene rings is 1. The highest BCUT2D eigenvalue weighted by atomic mass is 79.9. The molecule has 0 amide bonds. The van der Waals surface area contributed by atoms with Gasteiger partial charge in [-0.3, -0.25) is 9.59 Å². The van der Waals surface area contributed by atoms with E-state index < -0.39 is 23.2 Å². The van der Waals surface area contributed by atoms with Crippen molar-refractivity contribution in [1.82, 2.24) is 0 Å². The van der Waals surface area contributed by atoms with Crippen LogP contribution in [0.2, 0.25) is 0 Å². The second-order valence-corrected chi connectivity index (χ2v) is 5.69. The molecule has 0 fully saturated rings. The zero-order chi connectivity index (χ0) is 16.0. The molecule has 6 heteroatoms. The maximum absolute atomic E-state index is 13.9. The van der Waals surface area contributed by atoms with Gasteiger partial charge in [0, 0.05) is 10.9 Å². The minimum atomic E-state index is -1.76. The van der Waals surface area contributed by atoms with Crippen LogP contribution in [-0.4, -0.2) is 23.7 Å². The van der Waals surface area contributed by atoms with Crippen LogP contribution in [0.4, 0.5) is 4.39 Å². The van der Waals surface area contributed by atoms with Gasteiger partial charge in [0.1, 0.15) is 5.82 Å². The number of hydrogen-bond acceptors (Lipinski definition) is 3. The van der Waals surface area contributed by atoms with E-state index in [-0.39, 0.29) is 25.0 Å². The minimum absolute atomic E-state index is 0.0819. The first-order valence-corrected chi connectivity index (χ1v) is 7.51. The quantitative estimate of drug-likeness (QED) is 0.596. The third kappa shape index (κ3) is 4.03. The van der Waals surface area contributed by atoms with Crippen molar-refractivity contribution in [3.63, 3.8) is 0 Å². The summed E-state index contributed by atoms with van der Waals surface area (Å²) < 4.78 is 19.4. The molecule has 0 radical (unpaired) electrons. The molecule has 1 rings (SSSR count). The predicted octanol–water partition coefficient (Wildman–Crippen LogP) is 3.56. The molecule has 0 aliphatic carbocycles. The normalized spacial score (nSPS) is 13.5. The van der Waals surface area contributed by atoms with Crippen molar-refractivity contribution in [3.05, 3.63) is 34.1 Å². The Hall–Kier alpha value is -1.43. The van der Waals surface area contributed by atoms with E-state index in [4.69, 9.17) is 4.74 Å². The molecule has 1 unspecified atom stereocenters. The molecule has 1 aromatic rings. The van der Waals surface area contributed by atoms with E-state index in [0.717, 1.165) is 0 Å². The Morgan fingerprint density at radius 1 is 1.38 bits per heavy atom. The van der Waals surface area contributed by atoms with Crippen LogP contribution >= 0.6 is 15.9 Å². The molecule has 0 aromatic heterocycles. The number of carboxylic acids is 1. The van der Waals surface area contributed by atoms with Crippen LogP contribution in [0.5, 0.6) is 0 Å². The number of halogens is 2. The van der Waals surface area contributed by atoms with E-state index in [9.17, 15) is 19.1 Å². The van der Waals surface area contributed by atoms with Gasteiger partial charge in [-0.25, -0.2) is 4.39 Å². The number of carbonyl (C=O) groups is 2. The first kappa shape index (κ1) is 17.6. The molecule has 1 atom stereocenters. The van der Waals surface area contributed by atoms with Gasteiger partial charge in [-0.2, -0.15) is 0 Å². The van der Waals surface area contributed by atoms with E-state index >= 15 is 0 Å². The van der Waals surface area contributed by atoms with Crippen LogP contribution in [-0.2, 0) is 20.7 Å². The Kier molecular flexibility index (Phi) is 6.33. The van der Waals surface area contributed by atoms with Crippen molar-refractivity contribution >= 4 is 27.9 Å². The predicted molar refractivity (Wildman–Crippen MR) is 79.4 cm³/mol. The van der Waals surface area contributed by atoms with Crippen molar-refractivity contribution in [2.45, 2.75) is 33.1 Å². The van der Waals surface area contributed by atoms with E-state index in [2.05, 4.69) is 15.9 Å². The Labute approximate surface area is 131 Å². The highest BCUT2D eigenvalue weighted by Crippen LogP contribution is 2.33. The zero-order valence-electron chi connectivity index (χ0n) is 12.0. The van der Waals surface area contributed by atoms with Crippen LogP contribution < -0.4 is 0 Å². The van der Waals surface area contributed by atoms with Crippen molar-refractivity contribution in [2.24, 2.45) is 5.41 Å². The molecule has 0 heterocycles. The molecule has 0 saturated heterocycles. The fraction of sp³-hybridized carbons (Fsp3) is 0.467. The molecule has 116 valence electrons. The van der Waals surface area contributed by atoms with Crippen LogP contribution in [0.1, 0.15) is 32.3 Å². The van der Waals surface area contributed by atoms with Gasteiger partial charge in [0.15, 0.2) is 5.41 Å². The zero-order valence-corrected chi connectivity index (χ0v) is 13.6. The van der Waals surface area contributed by atoms with Gasteiger partial charge in [0.05, 0.1) is 6.61 Å². The van der Waals surface area contributed by atoms with Crippen molar-refractivity contribution in [3.8, 4) is 0 Å². The number of carbonyl (C=O) groups excluding carboxylic acids is 1. The lowest BCUT2D eigenvalue weighted by Crippen LogP contribution is -2.43. The van der Waals surface area contributed by atoms with Gasteiger partial charge in [0.2, 0.25) is 0 Å². The molecule has 1 N–H and O–H groups in total. The molecule has 1 aromatic carbocycles. The molecule has 0 bridgehead atoms. The topological polar surface area (TPSA) is 63.6 Å². The highest BCUT2D eigenvalue weighted by Gasteiger charge is 2.47.